The average molecular weight is 658 g/mol. The molecule has 0 aliphatic heterocycles. The maximum atomic E-state index is 13.8. The van der Waals surface area contributed by atoms with Crippen LogP contribution in [0, 0.1) is 46.3 Å². The van der Waals surface area contributed by atoms with Gasteiger partial charge in [-0.05, 0) is 67.1 Å². The fourth-order valence-electron chi connectivity index (χ4n) is 9.20. The number of hydrogen-bond donors (Lipinski definition) is 0. The molecule has 4 rings (SSSR count). The third-order valence-electron chi connectivity index (χ3n) is 11.4. The van der Waals surface area contributed by atoms with Crippen molar-refractivity contribution in [2.75, 3.05) is 0 Å². The monoisotopic (exact) mass is 657 g/mol. The van der Waals surface area contributed by atoms with Crippen molar-refractivity contribution in [1.82, 2.24) is 0 Å². The summed E-state index contributed by atoms with van der Waals surface area (Å²) in [5, 5.41) is -5.93. The second-order valence-corrected chi connectivity index (χ2v) is 15.1. The Labute approximate surface area is 252 Å². The van der Waals surface area contributed by atoms with Crippen LogP contribution in [0.15, 0.2) is 0 Å². The summed E-state index contributed by atoms with van der Waals surface area (Å²) in [7, 11) is -6.81. The van der Waals surface area contributed by atoms with Crippen molar-refractivity contribution < 1.29 is 63.6 Å². The maximum absolute atomic E-state index is 13.8. The molecule has 0 heterocycles. The summed E-state index contributed by atoms with van der Waals surface area (Å²) in [6.07, 6.45) is -8.84. The van der Waals surface area contributed by atoms with Gasteiger partial charge in [0, 0.05) is 43.9 Å². The summed E-state index contributed by atoms with van der Waals surface area (Å²) in [5.74, 6) is -3.55. The Hall–Kier alpha value is -2.16. The van der Waals surface area contributed by atoms with Gasteiger partial charge >= 0.3 is 23.4 Å². The molecule has 10 atom stereocenters. The van der Waals surface area contributed by atoms with Gasteiger partial charge in [-0.1, -0.05) is 20.8 Å². The molecule has 0 amide bonds. The predicted octanol–water partition coefficient (Wildman–Crippen LogP) is 4.96. The highest BCUT2D eigenvalue weighted by atomic mass is 32.2. The third kappa shape index (κ3) is 5.91. The first-order chi connectivity index (χ1) is 20.0. The van der Waals surface area contributed by atoms with Crippen LogP contribution in [0.3, 0.4) is 0 Å². The molecule has 4 fully saturated rings. The zero-order valence-corrected chi connectivity index (χ0v) is 25.8. The molecule has 0 aromatic carbocycles. The molecule has 4 aliphatic carbocycles. The van der Waals surface area contributed by atoms with Crippen molar-refractivity contribution in [2.24, 2.45) is 46.3 Å². The van der Waals surface area contributed by atoms with Gasteiger partial charge in [-0.25, -0.2) is 8.42 Å². The number of ether oxygens (including phenoxy) is 2. The molecule has 0 N–H and O–H groups in total. The molecule has 9 nitrogen and oxygen atoms in total. The fourth-order valence-corrected chi connectivity index (χ4v) is 9.65. The molecule has 4 aliphatic rings. The zero-order chi connectivity index (χ0) is 33.2. The first kappa shape index (κ1) is 34.7. The van der Waals surface area contributed by atoms with Crippen molar-refractivity contribution in [2.45, 2.75) is 109 Å². The van der Waals surface area contributed by atoms with Gasteiger partial charge in [0.2, 0.25) is 0 Å². The van der Waals surface area contributed by atoms with E-state index in [0.29, 0.717) is 38.5 Å². The van der Waals surface area contributed by atoms with E-state index in [-0.39, 0.29) is 59.4 Å². The SMILES string of the molecule is CC(=O)OC1CC2C(C(=O)CC3CC(=O)CCC32C)C2CCC(C(C)CCC(=O)OC(C(F)(F)F)C(F)(F)S(=O)(=O)[O-])C12C. The Bertz CT molecular complexity index is 1300. The summed E-state index contributed by atoms with van der Waals surface area (Å²) in [6.45, 7) is 7.02. The molecule has 44 heavy (non-hydrogen) atoms. The lowest BCUT2D eigenvalue weighted by Crippen LogP contribution is -2.61. The van der Waals surface area contributed by atoms with Crippen LogP contribution in [0.5, 0.6) is 0 Å². The van der Waals surface area contributed by atoms with Gasteiger partial charge in [0.1, 0.15) is 17.7 Å². The van der Waals surface area contributed by atoms with Gasteiger partial charge in [0.25, 0.3) is 6.10 Å². The van der Waals surface area contributed by atoms with Crippen molar-refractivity contribution in [1.29, 1.82) is 0 Å². The van der Waals surface area contributed by atoms with E-state index in [0.717, 1.165) is 0 Å². The number of Topliss-reactive ketones (excluding diaryl/α,β-unsaturated/α-hetero) is 2. The Kier molecular flexibility index (Phi) is 9.13. The van der Waals surface area contributed by atoms with E-state index >= 15 is 0 Å². The summed E-state index contributed by atoms with van der Waals surface area (Å²) in [6, 6.07) is 0. The number of rotatable bonds is 8. The summed E-state index contributed by atoms with van der Waals surface area (Å²) in [5.41, 5.74) is -1.05. The lowest BCUT2D eigenvalue weighted by atomic mass is 9.43. The molecule has 0 aromatic rings. The molecule has 10 unspecified atom stereocenters. The van der Waals surface area contributed by atoms with E-state index in [1.807, 2.05) is 6.92 Å². The molecule has 0 saturated heterocycles. The second-order valence-electron chi connectivity index (χ2n) is 13.7. The Morgan fingerprint density at radius 1 is 1.07 bits per heavy atom. The Morgan fingerprint density at radius 3 is 2.27 bits per heavy atom. The highest BCUT2D eigenvalue weighted by molar-refractivity contribution is 7.86. The van der Waals surface area contributed by atoms with E-state index in [1.165, 1.54) is 6.92 Å². The third-order valence-corrected chi connectivity index (χ3v) is 12.3. The van der Waals surface area contributed by atoms with E-state index in [9.17, 15) is 54.1 Å². The minimum atomic E-state index is -6.81. The minimum absolute atomic E-state index is 0.0639. The van der Waals surface area contributed by atoms with Crippen LogP contribution in [0.25, 0.3) is 0 Å². The molecule has 15 heteroatoms. The summed E-state index contributed by atoms with van der Waals surface area (Å²) in [4.78, 5) is 50.5. The standard InChI is InChI=1S/C29H39F5O9S/c1-14(5-8-23(38)43-25(28(30,31)32)29(33,34)44(39,40)41)18-6-7-19-24-20(13-22(27(18,19)4)42-15(2)35)26(3)10-9-17(36)11-16(26)12-21(24)37/h14,16,18-20,22,24-25H,5-13H2,1-4H3,(H,39,40,41)/p-1. The number of carbonyl (C=O) groups excluding carboxylic acids is 4. The lowest BCUT2D eigenvalue weighted by molar-refractivity contribution is -0.259. The topological polar surface area (TPSA) is 144 Å². The van der Waals surface area contributed by atoms with Gasteiger partial charge in [0.15, 0.2) is 10.1 Å². The smallest absolute Gasteiger partial charge is 0.432 e. The highest BCUT2D eigenvalue weighted by Crippen LogP contribution is 2.68. The number of halogens is 5. The van der Waals surface area contributed by atoms with Crippen molar-refractivity contribution in [3.05, 3.63) is 0 Å². The van der Waals surface area contributed by atoms with Gasteiger partial charge in [-0.3, -0.25) is 19.2 Å². The molecular formula is C29H38F5O9S-. The molecule has 0 radical (unpaired) electrons. The van der Waals surface area contributed by atoms with Gasteiger partial charge < -0.3 is 14.0 Å². The second kappa shape index (κ2) is 11.6. The van der Waals surface area contributed by atoms with Crippen molar-refractivity contribution in [3.8, 4) is 0 Å². The highest BCUT2D eigenvalue weighted by Gasteiger charge is 2.67. The average Bonchev–Trinajstić information content (AvgIpc) is 3.23. The van der Waals surface area contributed by atoms with Gasteiger partial charge in [-0.2, -0.15) is 22.0 Å². The largest absolute Gasteiger partial charge is 0.743 e. The number of carbonyl (C=O) groups is 4. The minimum Gasteiger partial charge on any atom is -0.743 e. The number of fused-ring (bicyclic) bond motifs is 5. The molecule has 0 bridgehead atoms. The van der Waals surface area contributed by atoms with Gasteiger partial charge in [-0.15, -0.1) is 0 Å². The lowest BCUT2D eigenvalue weighted by Gasteiger charge is -2.61. The molecule has 0 spiro atoms. The number of ketones is 2. The van der Waals surface area contributed by atoms with Crippen LogP contribution in [0.4, 0.5) is 22.0 Å². The van der Waals surface area contributed by atoms with E-state index < -0.39 is 63.4 Å². The molecule has 4 saturated carbocycles. The van der Waals surface area contributed by atoms with Crippen LogP contribution in [0.1, 0.15) is 85.5 Å². The first-order valence-electron chi connectivity index (χ1n) is 14.9. The Morgan fingerprint density at radius 2 is 1.70 bits per heavy atom. The number of esters is 2. The maximum Gasteiger partial charge on any atom is 0.432 e. The van der Waals surface area contributed by atoms with Crippen LogP contribution in [-0.2, 0) is 38.8 Å². The van der Waals surface area contributed by atoms with Gasteiger partial charge in [0.05, 0.1) is 0 Å². The van der Waals surface area contributed by atoms with Crippen LogP contribution >= 0.6 is 0 Å². The summed E-state index contributed by atoms with van der Waals surface area (Å²) >= 11 is 0. The Balaban J connectivity index is 1.55. The fraction of sp³-hybridized carbons (Fsp3) is 0.862. The van der Waals surface area contributed by atoms with E-state index in [4.69, 9.17) is 4.74 Å². The quantitative estimate of drug-likeness (QED) is 0.201. The first-order valence-corrected chi connectivity index (χ1v) is 16.3. The predicted molar refractivity (Wildman–Crippen MR) is 141 cm³/mol. The summed E-state index contributed by atoms with van der Waals surface area (Å²) < 4.78 is 109. The number of hydrogen-bond acceptors (Lipinski definition) is 9. The zero-order valence-electron chi connectivity index (χ0n) is 25.0. The van der Waals surface area contributed by atoms with Crippen LogP contribution < -0.4 is 0 Å². The van der Waals surface area contributed by atoms with Crippen molar-refractivity contribution in [3.63, 3.8) is 0 Å². The van der Waals surface area contributed by atoms with E-state index in [2.05, 4.69) is 11.7 Å². The normalized spacial score (nSPS) is 37.3. The van der Waals surface area contributed by atoms with Crippen LogP contribution in [0.2, 0.25) is 0 Å². The molecule has 0 aromatic heterocycles. The molecule has 250 valence electrons. The number of alkyl halides is 5. The van der Waals surface area contributed by atoms with Crippen molar-refractivity contribution >= 4 is 33.6 Å². The van der Waals surface area contributed by atoms with E-state index in [1.54, 1.807) is 6.92 Å². The van der Waals surface area contributed by atoms with Crippen LogP contribution in [-0.4, -0.2) is 60.1 Å². The molecular weight excluding hydrogens is 619 g/mol.